The van der Waals surface area contributed by atoms with Gasteiger partial charge in [0.05, 0.1) is 4.90 Å². The zero-order valence-electron chi connectivity index (χ0n) is 13.2. The molecule has 2 aromatic carbocycles. The second-order valence-corrected chi connectivity index (χ2v) is 8.44. The molecular weight excluding hydrogens is 294 g/mol. The Hall–Kier alpha value is -1.65. The molecule has 0 aromatic heterocycles. The molecule has 4 heteroatoms. The first kappa shape index (κ1) is 15.3. The molecule has 0 atom stereocenters. The van der Waals surface area contributed by atoms with Crippen molar-refractivity contribution >= 4 is 10.0 Å². The first-order chi connectivity index (χ1) is 10.3. The van der Waals surface area contributed by atoms with Crippen molar-refractivity contribution in [2.45, 2.75) is 44.2 Å². The van der Waals surface area contributed by atoms with Crippen LogP contribution >= 0.6 is 0 Å². The highest BCUT2D eigenvalue weighted by molar-refractivity contribution is 7.89. The maximum Gasteiger partial charge on any atom is 0.243 e. The van der Waals surface area contributed by atoms with Crippen molar-refractivity contribution in [2.24, 2.45) is 0 Å². The fourth-order valence-corrected chi connectivity index (χ4v) is 4.81. The molecule has 0 N–H and O–H groups in total. The summed E-state index contributed by atoms with van der Waals surface area (Å²) in [6.45, 7) is 6.38. The van der Waals surface area contributed by atoms with Gasteiger partial charge in [0, 0.05) is 12.1 Å². The number of hydrogen-bond acceptors (Lipinski definition) is 2. The number of fused-ring (bicyclic) bond motifs is 1. The van der Waals surface area contributed by atoms with E-state index in [0.717, 1.165) is 17.5 Å². The first-order valence-electron chi connectivity index (χ1n) is 7.47. The minimum absolute atomic E-state index is 0.366. The van der Waals surface area contributed by atoms with E-state index >= 15 is 0 Å². The number of hydrogen-bond donors (Lipinski definition) is 0. The summed E-state index contributed by atoms with van der Waals surface area (Å²) < 4.78 is 27.7. The van der Waals surface area contributed by atoms with Gasteiger partial charge in [-0.1, -0.05) is 42.0 Å². The minimum Gasteiger partial charge on any atom is -0.207 e. The molecule has 0 fully saturated rings. The average Bonchev–Trinajstić information content (AvgIpc) is 2.46. The van der Waals surface area contributed by atoms with Crippen LogP contribution < -0.4 is 0 Å². The highest BCUT2D eigenvalue weighted by atomic mass is 32.2. The SMILES string of the molecule is Cc1ccc(S(=O)(=O)N2Cc3ccccc3CC2(C)C)cc1. The van der Waals surface area contributed by atoms with E-state index in [0.29, 0.717) is 11.4 Å². The third-order valence-corrected chi connectivity index (χ3v) is 6.41. The monoisotopic (exact) mass is 315 g/mol. The fourth-order valence-electron chi connectivity index (χ4n) is 3.05. The van der Waals surface area contributed by atoms with Crippen LogP contribution in [0.1, 0.15) is 30.5 Å². The number of nitrogens with zero attached hydrogens (tertiary/aromatic N) is 1. The Morgan fingerprint density at radius 1 is 0.955 bits per heavy atom. The van der Waals surface area contributed by atoms with Gasteiger partial charge in [0.1, 0.15) is 0 Å². The van der Waals surface area contributed by atoms with Crippen LogP contribution in [0.3, 0.4) is 0 Å². The van der Waals surface area contributed by atoms with E-state index in [1.165, 1.54) is 5.56 Å². The number of sulfonamides is 1. The maximum absolute atomic E-state index is 13.0. The quantitative estimate of drug-likeness (QED) is 0.850. The van der Waals surface area contributed by atoms with Gasteiger partial charge >= 0.3 is 0 Å². The van der Waals surface area contributed by atoms with Crippen molar-refractivity contribution in [3.8, 4) is 0 Å². The van der Waals surface area contributed by atoms with Gasteiger partial charge in [-0.2, -0.15) is 4.31 Å². The maximum atomic E-state index is 13.0. The highest BCUT2D eigenvalue weighted by Crippen LogP contribution is 2.35. The van der Waals surface area contributed by atoms with Crippen LogP contribution in [0.15, 0.2) is 53.4 Å². The van der Waals surface area contributed by atoms with E-state index in [1.807, 2.05) is 51.1 Å². The zero-order chi connectivity index (χ0) is 16.0. The Balaban J connectivity index is 2.05. The van der Waals surface area contributed by atoms with Gasteiger partial charge in [0.25, 0.3) is 0 Å². The summed E-state index contributed by atoms with van der Waals surface area (Å²) in [7, 11) is -3.50. The van der Waals surface area contributed by atoms with Gasteiger partial charge in [-0.15, -0.1) is 0 Å². The summed E-state index contributed by atoms with van der Waals surface area (Å²) in [5.41, 5.74) is 2.96. The van der Waals surface area contributed by atoms with Crippen LogP contribution in [-0.4, -0.2) is 18.3 Å². The molecule has 1 aliphatic heterocycles. The van der Waals surface area contributed by atoms with Crippen LogP contribution in [0.5, 0.6) is 0 Å². The van der Waals surface area contributed by atoms with Crippen LogP contribution in [0.2, 0.25) is 0 Å². The van der Waals surface area contributed by atoms with Crippen molar-refractivity contribution in [2.75, 3.05) is 0 Å². The highest BCUT2D eigenvalue weighted by Gasteiger charge is 2.40. The molecule has 0 amide bonds. The van der Waals surface area contributed by atoms with Crippen molar-refractivity contribution < 1.29 is 8.42 Å². The van der Waals surface area contributed by atoms with E-state index in [4.69, 9.17) is 0 Å². The Morgan fingerprint density at radius 2 is 1.55 bits per heavy atom. The van der Waals surface area contributed by atoms with E-state index < -0.39 is 15.6 Å². The predicted molar refractivity (Wildman–Crippen MR) is 88.1 cm³/mol. The lowest BCUT2D eigenvalue weighted by Crippen LogP contribution is -2.51. The second-order valence-electron chi connectivity index (χ2n) is 6.58. The van der Waals surface area contributed by atoms with Crippen LogP contribution in [0.4, 0.5) is 0 Å². The topological polar surface area (TPSA) is 37.4 Å². The van der Waals surface area contributed by atoms with E-state index in [1.54, 1.807) is 16.4 Å². The molecule has 116 valence electrons. The predicted octanol–water partition coefficient (Wildman–Crippen LogP) is 3.52. The average molecular weight is 315 g/mol. The standard InChI is InChI=1S/C18H21NO2S/c1-14-8-10-17(11-9-14)22(20,21)19-13-16-7-5-4-6-15(16)12-18(19,2)3/h4-11H,12-13H2,1-3H3. The van der Waals surface area contributed by atoms with Gasteiger partial charge < -0.3 is 0 Å². The third-order valence-electron chi connectivity index (χ3n) is 4.34. The molecule has 3 rings (SSSR count). The molecular formula is C18H21NO2S. The lowest BCUT2D eigenvalue weighted by atomic mass is 9.88. The fraction of sp³-hybridized carbons (Fsp3) is 0.333. The summed E-state index contributed by atoms with van der Waals surface area (Å²) >= 11 is 0. The van der Waals surface area contributed by atoms with Gasteiger partial charge in [-0.25, -0.2) is 8.42 Å². The summed E-state index contributed by atoms with van der Waals surface area (Å²) in [5.74, 6) is 0. The Kier molecular flexibility index (Phi) is 3.62. The molecule has 1 heterocycles. The number of aryl methyl sites for hydroxylation is 1. The number of rotatable bonds is 2. The van der Waals surface area contributed by atoms with E-state index in [9.17, 15) is 8.42 Å². The molecule has 1 aliphatic rings. The van der Waals surface area contributed by atoms with Gasteiger partial charge in [-0.3, -0.25) is 0 Å². The normalized spacial score (nSPS) is 18.0. The Bertz CT molecular complexity index is 792. The largest absolute Gasteiger partial charge is 0.243 e. The molecule has 2 aromatic rings. The minimum atomic E-state index is -3.50. The summed E-state index contributed by atoms with van der Waals surface area (Å²) in [6, 6.07) is 15.2. The summed E-state index contributed by atoms with van der Waals surface area (Å²) in [5, 5.41) is 0. The molecule has 0 bridgehead atoms. The summed E-state index contributed by atoms with van der Waals surface area (Å²) in [4.78, 5) is 0.366. The molecule has 0 saturated heterocycles. The molecule has 0 saturated carbocycles. The van der Waals surface area contributed by atoms with Crippen molar-refractivity contribution in [1.82, 2.24) is 4.31 Å². The van der Waals surface area contributed by atoms with Gasteiger partial charge in [0.2, 0.25) is 10.0 Å². The van der Waals surface area contributed by atoms with Crippen LogP contribution in [0, 0.1) is 6.92 Å². The lowest BCUT2D eigenvalue weighted by molar-refractivity contribution is 0.203. The first-order valence-corrected chi connectivity index (χ1v) is 8.91. The van der Waals surface area contributed by atoms with E-state index in [2.05, 4.69) is 6.07 Å². The molecule has 0 unspecified atom stereocenters. The smallest absolute Gasteiger partial charge is 0.207 e. The van der Waals surface area contributed by atoms with Crippen molar-refractivity contribution in [3.63, 3.8) is 0 Å². The molecule has 22 heavy (non-hydrogen) atoms. The molecule has 3 nitrogen and oxygen atoms in total. The Labute approximate surface area is 132 Å². The van der Waals surface area contributed by atoms with E-state index in [-0.39, 0.29) is 0 Å². The van der Waals surface area contributed by atoms with Crippen molar-refractivity contribution in [1.29, 1.82) is 0 Å². The third kappa shape index (κ3) is 2.57. The van der Waals surface area contributed by atoms with Gasteiger partial charge in [-0.05, 0) is 50.5 Å². The van der Waals surface area contributed by atoms with Crippen LogP contribution in [0.25, 0.3) is 0 Å². The van der Waals surface area contributed by atoms with Crippen molar-refractivity contribution in [3.05, 3.63) is 65.2 Å². The summed E-state index contributed by atoms with van der Waals surface area (Å²) in [6.07, 6.45) is 0.730. The second kappa shape index (κ2) is 5.21. The van der Waals surface area contributed by atoms with Gasteiger partial charge in [0.15, 0.2) is 0 Å². The van der Waals surface area contributed by atoms with Crippen LogP contribution in [-0.2, 0) is 23.0 Å². The Morgan fingerprint density at radius 3 is 2.18 bits per heavy atom. The number of benzene rings is 2. The molecule has 0 aliphatic carbocycles. The lowest BCUT2D eigenvalue weighted by Gasteiger charge is -2.42. The molecule has 0 radical (unpaired) electrons. The zero-order valence-corrected chi connectivity index (χ0v) is 14.0. The molecule has 0 spiro atoms.